The second-order valence-electron chi connectivity index (χ2n) is 3.55. The zero-order chi connectivity index (χ0) is 13.1. The Morgan fingerprint density at radius 3 is 2.78 bits per heavy atom. The van der Waals surface area contributed by atoms with Crippen molar-refractivity contribution in [2.45, 2.75) is 0 Å². The molecule has 6 heteroatoms. The SMILES string of the molecule is Nc1cc(C(=O)Nc2cccc(Cl)c2)c(Cl)cn1. The molecule has 0 aliphatic heterocycles. The predicted octanol–water partition coefficient (Wildman–Crippen LogP) is 3.22. The number of amides is 1. The molecule has 0 fully saturated rings. The van der Waals surface area contributed by atoms with E-state index in [1.807, 2.05) is 0 Å². The molecule has 0 bridgehead atoms. The molecule has 18 heavy (non-hydrogen) atoms. The quantitative estimate of drug-likeness (QED) is 0.888. The van der Waals surface area contributed by atoms with Crippen LogP contribution in [0.3, 0.4) is 0 Å². The second kappa shape index (κ2) is 5.25. The molecule has 1 amide bonds. The fraction of sp³-hybridized carbons (Fsp3) is 0. The number of hydrogen-bond donors (Lipinski definition) is 2. The maximum Gasteiger partial charge on any atom is 0.257 e. The Balaban J connectivity index is 2.24. The van der Waals surface area contributed by atoms with E-state index in [9.17, 15) is 4.79 Å². The molecule has 0 spiro atoms. The van der Waals surface area contributed by atoms with Crippen LogP contribution < -0.4 is 11.1 Å². The van der Waals surface area contributed by atoms with Gasteiger partial charge in [-0.25, -0.2) is 4.98 Å². The highest BCUT2D eigenvalue weighted by molar-refractivity contribution is 6.34. The first-order chi connectivity index (χ1) is 8.56. The van der Waals surface area contributed by atoms with Crippen molar-refractivity contribution in [2.75, 3.05) is 11.1 Å². The molecule has 0 saturated heterocycles. The molecule has 0 aliphatic carbocycles. The number of carbonyl (C=O) groups is 1. The van der Waals surface area contributed by atoms with Crippen molar-refractivity contribution >= 4 is 40.6 Å². The van der Waals surface area contributed by atoms with Gasteiger partial charge in [0.25, 0.3) is 5.91 Å². The standard InChI is InChI=1S/C12H9Cl2N3O/c13-7-2-1-3-8(4-7)17-12(18)9-5-11(15)16-6-10(9)14/h1-6H,(H2,15,16)(H,17,18). The van der Waals surface area contributed by atoms with Gasteiger partial charge in [0.1, 0.15) is 5.82 Å². The van der Waals surface area contributed by atoms with E-state index >= 15 is 0 Å². The van der Waals surface area contributed by atoms with Crippen LogP contribution in [-0.2, 0) is 0 Å². The summed E-state index contributed by atoms with van der Waals surface area (Å²) in [6, 6.07) is 8.23. The molecule has 2 aromatic rings. The summed E-state index contributed by atoms with van der Waals surface area (Å²) in [5.41, 5.74) is 6.36. The summed E-state index contributed by atoms with van der Waals surface area (Å²) < 4.78 is 0. The number of rotatable bonds is 2. The van der Waals surface area contributed by atoms with Gasteiger partial charge in [0.2, 0.25) is 0 Å². The Morgan fingerprint density at radius 1 is 1.28 bits per heavy atom. The third-order valence-corrected chi connectivity index (χ3v) is 2.74. The highest BCUT2D eigenvalue weighted by Gasteiger charge is 2.11. The molecule has 0 unspecified atom stereocenters. The molecule has 2 rings (SSSR count). The van der Waals surface area contributed by atoms with Crippen molar-refractivity contribution in [1.29, 1.82) is 0 Å². The summed E-state index contributed by atoms with van der Waals surface area (Å²) in [6.07, 6.45) is 1.34. The highest BCUT2D eigenvalue weighted by atomic mass is 35.5. The summed E-state index contributed by atoms with van der Waals surface area (Å²) >= 11 is 11.7. The zero-order valence-corrected chi connectivity index (χ0v) is 10.7. The van der Waals surface area contributed by atoms with Gasteiger partial charge in [0.05, 0.1) is 10.6 Å². The van der Waals surface area contributed by atoms with Gasteiger partial charge >= 0.3 is 0 Å². The Labute approximate surface area is 114 Å². The molecule has 1 heterocycles. The van der Waals surface area contributed by atoms with Gasteiger partial charge in [0, 0.05) is 16.9 Å². The highest BCUT2D eigenvalue weighted by Crippen LogP contribution is 2.20. The molecule has 3 N–H and O–H groups in total. The van der Waals surface area contributed by atoms with Crippen LogP contribution in [0.2, 0.25) is 10.0 Å². The normalized spacial score (nSPS) is 10.1. The van der Waals surface area contributed by atoms with Crippen LogP contribution in [0.15, 0.2) is 36.5 Å². The van der Waals surface area contributed by atoms with Gasteiger partial charge in [-0.15, -0.1) is 0 Å². The molecule has 0 atom stereocenters. The van der Waals surface area contributed by atoms with Crippen molar-refractivity contribution < 1.29 is 4.79 Å². The zero-order valence-electron chi connectivity index (χ0n) is 9.15. The molecule has 1 aromatic carbocycles. The Kier molecular flexibility index (Phi) is 3.69. The van der Waals surface area contributed by atoms with Crippen molar-refractivity contribution in [1.82, 2.24) is 4.98 Å². The predicted molar refractivity (Wildman–Crippen MR) is 73.1 cm³/mol. The van der Waals surface area contributed by atoms with Gasteiger partial charge in [0.15, 0.2) is 0 Å². The lowest BCUT2D eigenvalue weighted by atomic mass is 10.2. The number of pyridine rings is 1. The minimum Gasteiger partial charge on any atom is -0.384 e. The minimum absolute atomic E-state index is 0.232. The van der Waals surface area contributed by atoms with Gasteiger partial charge in [-0.2, -0.15) is 0 Å². The lowest BCUT2D eigenvalue weighted by Gasteiger charge is -2.07. The van der Waals surface area contributed by atoms with E-state index in [-0.39, 0.29) is 22.3 Å². The molecule has 0 aliphatic rings. The number of halogens is 2. The van der Waals surface area contributed by atoms with Crippen LogP contribution in [0, 0.1) is 0 Å². The van der Waals surface area contributed by atoms with E-state index in [0.717, 1.165) is 0 Å². The number of nitrogens with zero attached hydrogens (tertiary/aromatic N) is 1. The van der Waals surface area contributed by atoms with Gasteiger partial charge in [-0.05, 0) is 24.3 Å². The third kappa shape index (κ3) is 2.91. The minimum atomic E-state index is -0.364. The molecular formula is C12H9Cl2N3O. The molecule has 0 saturated carbocycles. The molecule has 4 nitrogen and oxygen atoms in total. The first-order valence-corrected chi connectivity index (χ1v) is 5.80. The number of benzene rings is 1. The number of aromatic nitrogens is 1. The van der Waals surface area contributed by atoms with Crippen molar-refractivity contribution in [3.8, 4) is 0 Å². The third-order valence-electron chi connectivity index (χ3n) is 2.20. The van der Waals surface area contributed by atoms with E-state index in [1.165, 1.54) is 12.3 Å². The first kappa shape index (κ1) is 12.7. The van der Waals surface area contributed by atoms with Gasteiger partial charge < -0.3 is 11.1 Å². The summed E-state index contributed by atoms with van der Waals surface area (Å²) in [5.74, 6) is -0.132. The molecular weight excluding hydrogens is 273 g/mol. The number of nitrogens with two attached hydrogens (primary N) is 1. The Bertz CT molecular complexity index is 602. The van der Waals surface area contributed by atoms with Crippen LogP contribution in [0.4, 0.5) is 11.5 Å². The summed E-state index contributed by atoms with van der Waals surface area (Å²) in [6.45, 7) is 0. The van der Waals surface area contributed by atoms with E-state index < -0.39 is 0 Å². The largest absolute Gasteiger partial charge is 0.384 e. The fourth-order valence-corrected chi connectivity index (χ4v) is 1.77. The van der Waals surface area contributed by atoms with Crippen LogP contribution in [0.25, 0.3) is 0 Å². The smallest absolute Gasteiger partial charge is 0.257 e. The van der Waals surface area contributed by atoms with Gasteiger partial charge in [-0.3, -0.25) is 4.79 Å². The van der Waals surface area contributed by atoms with Crippen molar-refractivity contribution in [3.05, 3.63) is 52.1 Å². The van der Waals surface area contributed by atoms with Crippen molar-refractivity contribution in [3.63, 3.8) is 0 Å². The first-order valence-electron chi connectivity index (χ1n) is 5.04. The van der Waals surface area contributed by atoms with Gasteiger partial charge in [-0.1, -0.05) is 29.3 Å². The van der Waals surface area contributed by atoms with Crippen LogP contribution in [0.5, 0.6) is 0 Å². The number of carbonyl (C=O) groups excluding carboxylic acids is 1. The molecule has 92 valence electrons. The molecule has 0 radical (unpaired) electrons. The van der Waals surface area contributed by atoms with Crippen LogP contribution >= 0.6 is 23.2 Å². The summed E-state index contributed by atoms with van der Waals surface area (Å²) in [5, 5.41) is 3.45. The topological polar surface area (TPSA) is 68.0 Å². The lowest BCUT2D eigenvalue weighted by molar-refractivity contribution is 0.102. The number of hydrogen-bond acceptors (Lipinski definition) is 3. The van der Waals surface area contributed by atoms with E-state index in [1.54, 1.807) is 24.3 Å². The monoisotopic (exact) mass is 281 g/mol. The number of nitrogen functional groups attached to an aromatic ring is 1. The Hall–Kier alpha value is -1.78. The summed E-state index contributed by atoms with van der Waals surface area (Å²) in [7, 11) is 0. The maximum atomic E-state index is 12.0. The number of nitrogens with one attached hydrogen (secondary N) is 1. The second-order valence-corrected chi connectivity index (χ2v) is 4.40. The van der Waals surface area contributed by atoms with E-state index in [0.29, 0.717) is 10.7 Å². The van der Waals surface area contributed by atoms with E-state index in [2.05, 4.69) is 10.3 Å². The fourth-order valence-electron chi connectivity index (χ4n) is 1.39. The average molecular weight is 282 g/mol. The average Bonchev–Trinajstić information content (AvgIpc) is 2.32. The van der Waals surface area contributed by atoms with Crippen LogP contribution in [0.1, 0.15) is 10.4 Å². The maximum absolute atomic E-state index is 12.0. The van der Waals surface area contributed by atoms with Crippen LogP contribution in [-0.4, -0.2) is 10.9 Å². The molecule has 1 aromatic heterocycles. The Morgan fingerprint density at radius 2 is 2.06 bits per heavy atom. The van der Waals surface area contributed by atoms with Crippen molar-refractivity contribution in [2.24, 2.45) is 0 Å². The van der Waals surface area contributed by atoms with E-state index in [4.69, 9.17) is 28.9 Å². The lowest BCUT2D eigenvalue weighted by Crippen LogP contribution is -2.13. The summed E-state index contributed by atoms with van der Waals surface area (Å²) in [4.78, 5) is 15.8. The number of anilines is 2.